The van der Waals surface area contributed by atoms with Crippen molar-refractivity contribution in [3.8, 4) is 12.1 Å². The van der Waals surface area contributed by atoms with E-state index in [4.69, 9.17) is 10.5 Å². The molecule has 2 nitrogen and oxygen atoms in total. The molecule has 0 aliphatic heterocycles. The van der Waals surface area contributed by atoms with Crippen molar-refractivity contribution in [2.24, 2.45) is 11.8 Å². The molecule has 0 radical (unpaired) electrons. The van der Waals surface area contributed by atoms with E-state index in [1.165, 1.54) is 44.1 Å². The highest BCUT2D eigenvalue weighted by molar-refractivity contribution is 5.42. The van der Waals surface area contributed by atoms with E-state index in [0.29, 0.717) is 11.5 Å². The van der Waals surface area contributed by atoms with Crippen LogP contribution in [0.15, 0.2) is 11.1 Å². The minimum Gasteiger partial charge on any atom is -0.192 e. The van der Waals surface area contributed by atoms with Gasteiger partial charge in [-0.25, -0.2) is 0 Å². The lowest BCUT2D eigenvalue weighted by Gasteiger charge is -2.37. The van der Waals surface area contributed by atoms with Gasteiger partial charge in [-0.2, -0.15) is 10.5 Å². The van der Waals surface area contributed by atoms with Crippen molar-refractivity contribution in [1.82, 2.24) is 0 Å². The van der Waals surface area contributed by atoms with E-state index in [2.05, 4.69) is 12.1 Å². The maximum Gasteiger partial charge on any atom is 0.129 e. The molecule has 0 spiro atoms. The molecule has 2 heteroatoms. The van der Waals surface area contributed by atoms with Crippen molar-refractivity contribution in [1.29, 1.82) is 10.5 Å². The van der Waals surface area contributed by atoms with E-state index in [1.54, 1.807) is 0 Å². The molecule has 2 atom stereocenters. The molecule has 0 saturated heterocycles. The van der Waals surface area contributed by atoms with Gasteiger partial charge in [-0.05, 0) is 49.5 Å². The Morgan fingerprint density at radius 2 is 1.67 bits per heavy atom. The van der Waals surface area contributed by atoms with Crippen LogP contribution in [0.5, 0.6) is 0 Å². The van der Waals surface area contributed by atoms with E-state index in [-0.39, 0.29) is 0 Å². The average Bonchev–Trinajstić information content (AvgIpc) is 2.31. The van der Waals surface area contributed by atoms with E-state index >= 15 is 0 Å². The number of nitriles is 2. The molecule has 0 aromatic rings. The Labute approximate surface area is 91.2 Å². The van der Waals surface area contributed by atoms with Gasteiger partial charge in [0.25, 0.3) is 0 Å². The highest BCUT2D eigenvalue weighted by atomic mass is 14.4. The Kier molecular flexibility index (Phi) is 3.07. The van der Waals surface area contributed by atoms with E-state index in [0.717, 1.165) is 12.3 Å². The zero-order valence-corrected chi connectivity index (χ0v) is 9.00. The first-order chi connectivity index (χ1) is 7.36. The van der Waals surface area contributed by atoms with Crippen molar-refractivity contribution in [3.05, 3.63) is 11.1 Å². The van der Waals surface area contributed by atoms with E-state index in [1.807, 2.05) is 0 Å². The Morgan fingerprint density at radius 1 is 1.00 bits per heavy atom. The molecule has 0 aromatic carbocycles. The van der Waals surface area contributed by atoms with Crippen LogP contribution in [-0.2, 0) is 0 Å². The summed E-state index contributed by atoms with van der Waals surface area (Å²) in [6.45, 7) is 0. The molecule has 2 fully saturated rings. The summed E-state index contributed by atoms with van der Waals surface area (Å²) in [7, 11) is 0. The highest BCUT2D eigenvalue weighted by Crippen LogP contribution is 2.44. The Bertz CT molecular complexity index is 336. The lowest BCUT2D eigenvalue weighted by atomic mass is 9.67. The first-order valence-corrected chi connectivity index (χ1v) is 5.90. The van der Waals surface area contributed by atoms with Crippen molar-refractivity contribution < 1.29 is 0 Å². The Hall–Kier alpha value is -1.28. The zero-order valence-electron chi connectivity index (χ0n) is 9.00. The smallest absolute Gasteiger partial charge is 0.129 e. The Morgan fingerprint density at radius 3 is 2.40 bits per heavy atom. The molecule has 0 amide bonds. The lowest BCUT2D eigenvalue weighted by molar-refractivity contribution is 0.222. The van der Waals surface area contributed by atoms with Crippen LogP contribution in [0.1, 0.15) is 44.9 Å². The van der Waals surface area contributed by atoms with Crippen LogP contribution in [0.3, 0.4) is 0 Å². The minimum atomic E-state index is 0.409. The maximum atomic E-state index is 8.94. The summed E-state index contributed by atoms with van der Waals surface area (Å²) >= 11 is 0. The van der Waals surface area contributed by atoms with Gasteiger partial charge >= 0.3 is 0 Å². The quantitative estimate of drug-likeness (QED) is 0.563. The molecule has 0 bridgehead atoms. The normalized spacial score (nSPS) is 29.9. The first kappa shape index (κ1) is 10.2. The number of rotatable bonds is 0. The summed E-state index contributed by atoms with van der Waals surface area (Å²) < 4.78 is 0. The topological polar surface area (TPSA) is 47.6 Å². The molecule has 0 aromatic heterocycles. The van der Waals surface area contributed by atoms with E-state index < -0.39 is 0 Å². The molecule has 0 heterocycles. The van der Waals surface area contributed by atoms with Gasteiger partial charge in [0.1, 0.15) is 17.7 Å². The van der Waals surface area contributed by atoms with Gasteiger partial charge in [0.15, 0.2) is 0 Å². The van der Waals surface area contributed by atoms with Gasteiger partial charge in [-0.1, -0.05) is 12.8 Å². The van der Waals surface area contributed by atoms with Crippen molar-refractivity contribution in [3.63, 3.8) is 0 Å². The molecular formula is C13H16N2. The van der Waals surface area contributed by atoms with Crippen LogP contribution < -0.4 is 0 Å². The number of hydrogen-bond donors (Lipinski definition) is 0. The number of nitrogens with zero attached hydrogens (tertiary/aromatic N) is 2. The van der Waals surface area contributed by atoms with Crippen LogP contribution in [0, 0.1) is 34.5 Å². The van der Waals surface area contributed by atoms with Gasteiger partial charge in [0.2, 0.25) is 0 Å². The third-order valence-corrected chi connectivity index (χ3v) is 3.92. The van der Waals surface area contributed by atoms with Crippen LogP contribution in [0.25, 0.3) is 0 Å². The van der Waals surface area contributed by atoms with Crippen LogP contribution in [0.4, 0.5) is 0 Å². The molecule has 2 rings (SSSR count). The standard InChI is InChI=1S/C13H16N2/c14-8-11(9-15)13-7-3-5-10-4-1-2-6-12(10)13/h10,12H,1-7H2/t10-,12-/m0/s1. The lowest BCUT2D eigenvalue weighted by Crippen LogP contribution is -2.26. The predicted octanol–water partition coefficient (Wildman–Crippen LogP) is 3.32. The van der Waals surface area contributed by atoms with Gasteiger partial charge in [-0.3, -0.25) is 0 Å². The first-order valence-electron chi connectivity index (χ1n) is 5.90. The molecule has 15 heavy (non-hydrogen) atoms. The van der Waals surface area contributed by atoms with Gasteiger partial charge in [0.05, 0.1) is 0 Å². The van der Waals surface area contributed by atoms with E-state index in [9.17, 15) is 0 Å². The molecule has 0 unspecified atom stereocenters. The van der Waals surface area contributed by atoms with Crippen molar-refractivity contribution in [2.45, 2.75) is 44.9 Å². The molecule has 2 aliphatic rings. The number of fused-ring (bicyclic) bond motifs is 1. The van der Waals surface area contributed by atoms with Gasteiger partial charge < -0.3 is 0 Å². The summed E-state index contributed by atoms with van der Waals surface area (Å²) in [5.74, 6) is 1.32. The molecule has 0 N–H and O–H groups in total. The van der Waals surface area contributed by atoms with Crippen LogP contribution in [0.2, 0.25) is 0 Å². The molecule has 78 valence electrons. The second-order valence-electron chi connectivity index (χ2n) is 4.67. The second kappa shape index (κ2) is 4.49. The maximum absolute atomic E-state index is 8.94. The summed E-state index contributed by atoms with van der Waals surface area (Å²) in [6.07, 6.45) is 8.57. The van der Waals surface area contributed by atoms with Gasteiger partial charge in [0, 0.05) is 0 Å². The number of hydrogen-bond acceptors (Lipinski definition) is 2. The minimum absolute atomic E-state index is 0.409. The largest absolute Gasteiger partial charge is 0.192 e. The van der Waals surface area contributed by atoms with Crippen LogP contribution in [-0.4, -0.2) is 0 Å². The van der Waals surface area contributed by atoms with Crippen molar-refractivity contribution in [2.75, 3.05) is 0 Å². The fourth-order valence-electron chi connectivity index (χ4n) is 3.23. The van der Waals surface area contributed by atoms with Crippen LogP contribution >= 0.6 is 0 Å². The number of allylic oxidation sites excluding steroid dienone is 2. The molecule has 2 saturated carbocycles. The fraction of sp³-hybridized carbons (Fsp3) is 0.692. The third-order valence-electron chi connectivity index (χ3n) is 3.92. The monoisotopic (exact) mass is 200 g/mol. The predicted molar refractivity (Wildman–Crippen MR) is 57.6 cm³/mol. The molecule has 2 aliphatic carbocycles. The average molecular weight is 200 g/mol. The summed E-state index contributed by atoms with van der Waals surface area (Å²) in [6, 6.07) is 4.15. The highest BCUT2D eigenvalue weighted by Gasteiger charge is 2.32. The van der Waals surface area contributed by atoms with Crippen molar-refractivity contribution >= 4 is 0 Å². The zero-order chi connectivity index (χ0) is 10.7. The summed E-state index contributed by atoms with van der Waals surface area (Å²) in [5, 5.41) is 17.9. The fourth-order valence-corrected chi connectivity index (χ4v) is 3.23. The SMILES string of the molecule is N#CC(C#N)=C1CCC[C@@H]2CCCC[C@H]12. The summed E-state index contributed by atoms with van der Waals surface area (Å²) in [5.41, 5.74) is 1.59. The Balaban J connectivity index is 2.29. The van der Waals surface area contributed by atoms with Gasteiger partial charge in [-0.15, -0.1) is 0 Å². The third kappa shape index (κ3) is 1.90. The second-order valence-corrected chi connectivity index (χ2v) is 4.67. The molecular weight excluding hydrogens is 184 g/mol. The summed E-state index contributed by atoms with van der Waals surface area (Å²) in [4.78, 5) is 0.